The van der Waals surface area contributed by atoms with Gasteiger partial charge in [-0.25, -0.2) is 0 Å². The summed E-state index contributed by atoms with van der Waals surface area (Å²) in [6, 6.07) is 20.9. The van der Waals surface area contributed by atoms with Crippen molar-refractivity contribution in [3.05, 3.63) is 71.8 Å². The van der Waals surface area contributed by atoms with Crippen LogP contribution in [0, 0.1) is 0 Å². The molecule has 20 heavy (non-hydrogen) atoms. The third-order valence-corrected chi connectivity index (χ3v) is 3.12. The molecular formula is C16H20IN3. The summed E-state index contributed by atoms with van der Waals surface area (Å²) in [6.45, 7) is 0.636. The molecule has 2 aromatic rings. The molecule has 0 heterocycles. The molecule has 0 saturated carbocycles. The van der Waals surface area contributed by atoms with Crippen molar-refractivity contribution in [1.82, 2.24) is 0 Å². The molecule has 0 aliphatic rings. The number of nitrogens with two attached hydrogens (primary N) is 2. The van der Waals surface area contributed by atoms with Gasteiger partial charge in [-0.2, -0.15) is 0 Å². The summed E-state index contributed by atoms with van der Waals surface area (Å²) in [5, 5.41) is 0. The first kappa shape index (κ1) is 16.5. The minimum atomic E-state index is 0. The van der Waals surface area contributed by atoms with E-state index < -0.39 is 0 Å². The van der Waals surface area contributed by atoms with Crippen LogP contribution in [0.2, 0.25) is 0 Å². The first-order chi connectivity index (χ1) is 9.27. The van der Waals surface area contributed by atoms with E-state index in [-0.39, 0.29) is 29.9 Å². The predicted octanol–water partition coefficient (Wildman–Crippen LogP) is 3.10. The molecule has 0 atom stereocenters. The lowest BCUT2D eigenvalue weighted by Gasteiger charge is -2.17. The maximum atomic E-state index is 5.38. The number of aliphatic imine (C=N–C) groups is 1. The van der Waals surface area contributed by atoms with Crippen LogP contribution in [0.15, 0.2) is 65.7 Å². The Bertz CT molecular complexity index is 482. The van der Waals surface area contributed by atoms with Gasteiger partial charge in [0.25, 0.3) is 0 Å². The van der Waals surface area contributed by atoms with Crippen LogP contribution < -0.4 is 11.5 Å². The average Bonchev–Trinajstić information content (AvgIpc) is 2.45. The van der Waals surface area contributed by atoms with Crippen LogP contribution in [-0.2, 0) is 0 Å². The van der Waals surface area contributed by atoms with E-state index in [4.69, 9.17) is 11.5 Å². The molecule has 4 N–H and O–H groups in total. The summed E-state index contributed by atoms with van der Waals surface area (Å²) in [6.07, 6.45) is 0.895. The van der Waals surface area contributed by atoms with Gasteiger partial charge in [-0.15, -0.1) is 24.0 Å². The summed E-state index contributed by atoms with van der Waals surface area (Å²) in [4.78, 5) is 4.09. The van der Waals surface area contributed by atoms with Crippen molar-refractivity contribution in [3.8, 4) is 0 Å². The van der Waals surface area contributed by atoms with E-state index in [1.807, 2.05) is 12.1 Å². The van der Waals surface area contributed by atoms with Crippen molar-refractivity contribution in [2.45, 2.75) is 12.3 Å². The third-order valence-electron chi connectivity index (χ3n) is 3.12. The van der Waals surface area contributed by atoms with Crippen LogP contribution in [-0.4, -0.2) is 12.5 Å². The molecule has 2 rings (SSSR count). The molecule has 0 aliphatic heterocycles. The van der Waals surface area contributed by atoms with Gasteiger partial charge in [-0.05, 0) is 17.5 Å². The predicted molar refractivity (Wildman–Crippen MR) is 95.4 cm³/mol. The zero-order valence-electron chi connectivity index (χ0n) is 11.3. The summed E-state index contributed by atoms with van der Waals surface area (Å²) in [5.41, 5.74) is 13.3. The Hall–Kier alpha value is -1.56. The lowest BCUT2D eigenvalue weighted by atomic mass is 9.89. The first-order valence-electron chi connectivity index (χ1n) is 6.42. The molecule has 2 aromatic carbocycles. The van der Waals surface area contributed by atoms with Crippen LogP contribution in [0.1, 0.15) is 23.5 Å². The van der Waals surface area contributed by atoms with Gasteiger partial charge in [0, 0.05) is 12.5 Å². The van der Waals surface area contributed by atoms with Crippen LogP contribution in [0.5, 0.6) is 0 Å². The van der Waals surface area contributed by atoms with Crippen molar-refractivity contribution in [2.75, 3.05) is 6.54 Å². The number of halogens is 1. The quantitative estimate of drug-likeness (QED) is 0.475. The molecule has 0 aromatic heterocycles. The lowest BCUT2D eigenvalue weighted by Crippen LogP contribution is -2.23. The van der Waals surface area contributed by atoms with Gasteiger partial charge < -0.3 is 11.5 Å². The molecule has 0 amide bonds. The van der Waals surface area contributed by atoms with Gasteiger partial charge in [0.1, 0.15) is 0 Å². The molecule has 0 spiro atoms. The molecule has 106 valence electrons. The molecule has 3 nitrogen and oxygen atoms in total. The topological polar surface area (TPSA) is 64.4 Å². The van der Waals surface area contributed by atoms with Crippen LogP contribution >= 0.6 is 24.0 Å². The highest BCUT2D eigenvalue weighted by atomic mass is 127. The van der Waals surface area contributed by atoms with E-state index in [1.165, 1.54) is 11.1 Å². The van der Waals surface area contributed by atoms with E-state index in [0.29, 0.717) is 12.5 Å². The van der Waals surface area contributed by atoms with E-state index in [1.54, 1.807) is 0 Å². The highest BCUT2D eigenvalue weighted by Crippen LogP contribution is 2.27. The Morgan fingerprint density at radius 3 is 1.70 bits per heavy atom. The fraction of sp³-hybridized carbons (Fsp3) is 0.188. The molecule has 0 saturated heterocycles. The molecular weight excluding hydrogens is 361 g/mol. The highest BCUT2D eigenvalue weighted by molar-refractivity contribution is 14.0. The highest BCUT2D eigenvalue weighted by Gasteiger charge is 2.12. The molecule has 4 heteroatoms. The maximum absolute atomic E-state index is 5.38. The van der Waals surface area contributed by atoms with E-state index in [2.05, 4.69) is 53.5 Å². The summed E-state index contributed by atoms with van der Waals surface area (Å²) in [5.74, 6) is 0.477. The summed E-state index contributed by atoms with van der Waals surface area (Å²) >= 11 is 0. The van der Waals surface area contributed by atoms with Gasteiger partial charge in [0.15, 0.2) is 5.96 Å². The Kier molecular flexibility index (Phi) is 7.08. The van der Waals surface area contributed by atoms with Crippen LogP contribution in [0.4, 0.5) is 0 Å². The Morgan fingerprint density at radius 2 is 1.30 bits per heavy atom. The monoisotopic (exact) mass is 381 g/mol. The van der Waals surface area contributed by atoms with Gasteiger partial charge in [-0.1, -0.05) is 60.7 Å². The minimum absolute atomic E-state index is 0. The second-order valence-electron chi connectivity index (χ2n) is 4.47. The third kappa shape index (κ3) is 4.85. The normalized spacial score (nSPS) is 9.85. The summed E-state index contributed by atoms with van der Waals surface area (Å²) < 4.78 is 0. The van der Waals surface area contributed by atoms with Gasteiger partial charge in [0.05, 0.1) is 0 Å². The van der Waals surface area contributed by atoms with Gasteiger partial charge >= 0.3 is 0 Å². The fourth-order valence-corrected chi connectivity index (χ4v) is 2.22. The second-order valence-corrected chi connectivity index (χ2v) is 4.47. The molecule has 0 bridgehead atoms. The largest absolute Gasteiger partial charge is 0.370 e. The number of hydrogen-bond acceptors (Lipinski definition) is 1. The van der Waals surface area contributed by atoms with Crippen molar-refractivity contribution < 1.29 is 0 Å². The molecule has 0 unspecified atom stereocenters. The Balaban J connectivity index is 0.00000200. The zero-order valence-corrected chi connectivity index (χ0v) is 13.6. The number of rotatable bonds is 5. The lowest BCUT2D eigenvalue weighted by molar-refractivity contribution is 0.726. The molecule has 0 fully saturated rings. The smallest absolute Gasteiger partial charge is 0.185 e. The van der Waals surface area contributed by atoms with Gasteiger partial charge in [-0.3, -0.25) is 4.99 Å². The van der Waals surface area contributed by atoms with Crippen LogP contribution in [0.25, 0.3) is 0 Å². The van der Waals surface area contributed by atoms with Crippen LogP contribution in [0.3, 0.4) is 0 Å². The standard InChI is InChI=1S/C16H19N3.HI/c17-16(18)19-12-11-15(13-7-3-1-4-8-13)14-9-5-2-6-10-14;/h1-10,15H,11-12H2,(H4,17,18,19);1H. The van der Waals surface area contributed by atoms with Crippen molar-refractivity contribution >= 4 is 29.9 Å². The number of guanidine groups is 1. The molecule has 0 aliphatic carbocycles. The van der Waals surface area contributed by atoms with E-state index in [0.717, 1.165) is 6.42 Å². The Morgan fingerprint density at radius 1 is 0.850 bits per heavy atom. The fourth-order valence-electron chi connectivity index (χ4n) is 2.22. The van der Waals surface area contributed by atoms with E-state index in [9.17, 15) is 0 Å². The number of benzene rings is 2. The first-order valence-corrected chi connectivity index (χ1v) is 6.42. The number of nitrogens with zero attached hydrogens (tertiary/aromatic N) is 1. The van der Waals surface area contributed by atoms with Gasteiger partial charge in [0.2, 0.25) is 0 Å². The second kappa shape index (κ2) is 8.58. The maximum Gasteiger partial charge on any atom is 0.185 e. The number of hydrogen-bond donors (Lipinski definition) is 2. The van der Waals surface area contributed by atoms with Crippen molar-refractivity contribution in [3.63, 3.8) is 0 Å². The minimum Gasteiger partial charge on any atom is -0.370 e. The van der Waals surface area contributed by atoms with Crippen molar-refractivity contribution in [2.24, 2.45) is 16.5 Å². The van der Waals surface area contributed by atoms with Crippen molar-refractivity contribution in [1.29, 1.82) is 0 Å². The summed E-state index contributed by atoms with van der Waals surface area (Å²) in [7, 11) is 0. The zero-order chi connectivity index (χ0) is 13.5. The SMILES string of the molecule is I.NC(N)=NCCC(c1ccccc1)c1ccccc1. The van der Waals surface area contributed by atoms with E-state index >= 15 is 0 Å². The Labute approximate surface area is 137 Å². The molecule has 0 radical (unpaired) electrons. The average molecular weight is 381 g/mol.